The molecule has 32 heavy (non-hydrogen) atoms. The summed E-state index contributed by atoms with van der Waals surface area (Å²) < 4.78 is 25.3. The second-order valence-electron chi connectivity index (χ2n) is 8.00. The summed E-state index contributed by atoms with van der Waals surface area (Å²) in [6.45, 7) is 3.11. The highest BCUT2D eigenvalue weighted by Crippen LogP contribution is 2.27. The zero-order chi connectivity index (χ0) is 22.3. The first kappa shape index (κ1) is 22.4. The number of amides is 1. The third-order valence-corrected chi connectivity index (χ3v) is 6.41. The van der Waals surface area contributed by atoms with Crippen molar-refractivity contribution in [3.8, 4) is 0 Å². The van der Waals surface area contributed by atoms with Crippen LogP contribution >= 0.6 is 0 Å². The van der Waals surface area contributed by atoms with Crippen LogP contribution in [-0.4, -0.2) is 44.2 Å². The van der Waals surface area contributed by atoms with Crippen LogP contribution in [0.25, 0.3) is 10.9 Å². The highest BCUT2D eigenvalue weighted by atomic mass is 32.2. The van der Waals surface area contributed by atoms with E-state index in [9.17, 15) is 13.6 Å². The summed E-state index contributed by atoms with van der Waals surface area (Å²) in [5.41, 5.74) is 2.69. The minimum absolute atomic E-state index is 0.00700. The summed E-state index contributed by atoms with van der Waals surface area (Å²) in [4.78, 5) is 19.0. The Bertz CT molecular complexity index is 1080. The molecule has 4 rings (SSSR count). The molecular formula is C24H27N4O3S-. The predicted molar refractivity (Wildman–Crippen MR) is 127 cm³/mol. The topological polar surface area (TPSA) is 88.6 Å². The van der Waals surface area contributed by atoms with Crippen LogP contribution < -0.4 is 9.62 Å². The maximum Gasteiger partial charge on any atom is 0.225 e. The predicted octanol–water partition coefficient (Wildman–Crippen LogP) is 3.85. The van der Waals surface area contributed by atoms with E-state index >= 15 is 0 Å². The average Bonchev–Trinajstić information content (AvgIpc) is 2.82. The number of hydrogen-bond acceptors (Lipinski definition) is 5. The molecule has 168 valence electrons. The molecule has 1 unspecified atom stereocenters. The fourth-order valence-electron chi connectivity index (χ4n) is 4.03. The van der Waals surface area contributed by atoms with E-state index in [-0.39, 0.29) is 12.5 Å². The molecule has 2 aromatic carbocycles. The van der Waals surface area contributed by atoms with E-state index in [0.29, 0.717) is 23.3 Å². The van der Waals surface area contributed by atoms with Crippen LogP contribution in [0.4, 0.5) is 11.4 Å². The van der Waals surface area contributed by atoms with Crippen LogP contribution in [0.2, 0.25) is 0 Å². The van der Waals surface area contributed by atoms with Gasteiger partial charge in [0.25, 0.3) is 0 Å². The highest BCUT2D eigenvalue weighted by molar-refractivity contribution is 7.80. The van der Waals surface area contributed by atoms with Gasteiger partial charge in [-0.3, -0.25) is 18.3 Å². The van der Waals surface area contributed by atoms with Crippen LogP contribution in [0.5, 0.6) is 0 Å². The monoisotopic (exact) mass is 451 g/mol. The number of pyridine rings is 1. The molecule has 0 radical (unpaired) electrons. The second-order valence-corrected chi connectivity index (χ2v) is 8.88. The summed E-state index contributed by atoms with van der Waals surface area (Å²) in [5, 5.41) is 3.81. The lowest BCUT2D eigenvalue weighted by molar-refractivity contribution is -0.116. The number of piperidine rings is 1. The van der Waals surface area contributed by atoms with E-state index in [0.717, 1.165) is 30.6 Å². The maximum atomic E-state index is 12.3. The van der Waals surface area contributed by atoms with Crippen LogP contribution in [0.1, 0.15) is 31.2 Å². The lowest BCUT2D eigenvalue weighted by atomic mass is 10.1. The Hall–Kier alpha value is -2.81. The van der Waals surface area contributed by atoms with E-state index in [4.69, 9.17) is 0 Å². The number of hydrogen-bond donors (Lipinski definition) is 1. The molecule has 0 saturated carbocycles. The Morgan fingerprint density at radius 3 is 2.56 bits per heavy atom. The van der Waals surface area contributed by atoms with Gasteiger partial charge in [-0.1, -0.05) is 36.8 Å². The molecule has 1 aliphatic heterocycles. The number of likely N-dealkylation sites (tertiary alicyclic amines) is 1. The average molecular weight is 452 g/mol. The zero-order valence-electron chi connectivity index (χ0n) is 17.9. The molecule has 1 fully saturated rings. The summed E-state index contributed by atoms with van der Waals surface area (Å²) in [6.07, 6.45) is 5.83. The Balaban J connectivity index is 1.39. The van der Waals surface area contributed by atoms with Crippen molar-refractivity contribution in [1.82, 2.24) is 9.88 Å². The molecule has 7 nitrogen and oxygen atoms in total. The summed E-state index contributed by atoms with van der Waals surface area (Å²) >= 11 is -2.46. The van der Waals surface area contributed by atoms with Crippen molar-refractivity contribution in [3.05, 3.63) is 66.4 Å². The van der Waals surface area contributed by atoms with Gasteiger partial charge in [-0.2, -0.15) is 0 Å². The summed E-state index contributed by atoms with van der Waals surface area (Å²) in [7, 11) is 0. The molecule has 1 N–H and O–H groups in total. The van der Waals surface area contributed by atoms with Gasteiger partial charge in [0, 0.05) is 41.5 Å². The number of nitrogens with zero attached hydrogens (tertiary/aromatic N) is 3. The van der Waals surface area contributed by atoms with Crippen LogP contribution in [0, 0.1) is 0 Å². The largest absolute Gasteiger partial charge is 0.755 e. The number of aromatic nitrogens is 1. The quantitative estimate of drug-likeness (QED) is 0.526. The van der Waals surface area contributed by atoms with Gasteiger partial charge in [0.2, 0.25) is 5.91 Å². The van der Waals surface area contributed by atoms with Crippen molar-refractivity contribution >= 4 is 39.5 Å². The number of fused-ring (bicyclic) bond motifs is 1. The molecule has 1 aliphatic rings. The molecule has 1 atom stereocenters. The Morgan fingerprint density at radius 1 is 1.06 bits per heavy atom. The van der Waals surface area contributed by atoms with Crippen LogP contribution in [0.3, 0.4) is 0 Å². The molecule has 3 aromatic rings. The van der Waals surface area contributed by atoms with E-state index in [2.05, 4.69) is 15.2 Å². The zero-order valence-corrected chi connectivity index (χ0v) is 18.7. The molecule has 8 heteroatoms. The van der Waals surface area contributed by atoms with Gasteiger partial charge in [0.05, 0.1) is 17.7 Å². The number of benzene rings is 2. The molecule has 2 heterocycles. The van der Waals surface area contributed by atoms with Crippen molar-refractivity contribution in [2.24, 2.45) is 0 Å². The molecule has 0 spiro atoms. The third kappa shape index (κ3) is 5.70. The molecule has 1 aromatic heterocycles. The number of carbonyl (C=O) groups excluding carboxylic acids is 1. The number of carbonyl (C=O) groups is 1. The molecule has 1 amide bonds. The van der Waals surface area contributed by atoms with Crippen molar-refractivity contribution < 1.29 is 13.6 Å². The van der Waals surface area contributed by atoms with Gasteiger partial charge in [0.1, 0.15) is 0 Å². The minimum atomic E-state index is -2.46. The van der Waals surface area contributed by atoms with Gasteiger partial charge in [-0.05, 0) is 55.8 Å². The molecule has 1 saturated heterocycles. The van der Waals surface area contributed by atoms with Crippen LogP contribution in [0.15, 0.2) is 60.8 Å². The van der Waals surface area contributed by atoms with Crippen molar-refractivity contribution in [2.45, 2.75) is 32.2 Å². The van der Waals surface area contributed by atoms with Gasteiger partial charge >= 0.3 is 0 Å². The van der Waals surface area contributed by atoms with Crippen LogP contribution in [-0.2, 0) is 22.6 Å². The standard InChI is InChI=1S/C24H28N4O3S/c29-23(13-17-27-15-2-1-3-16-27)26-21-11-9-19(10-12-21)18-28(32(30)31)22-8-4-6-20-7-5-14-25-24(20)22/h4-12,14H,1-3,13,15-18H2,(H,26,29)(H,30,31)/p-1. The van der Waals surface area contributed by atoms with E-state index in [1.807, 2.05) is 36.4 Å². The van der Waals surface area contributed by atoms with E-state index < -0.39 is 11.3 Å². The van der Waals surface area contributed by atoms with Gasteiger partial charge in [0.15, 0.2) is 0 Å². The normalized spacial score (nSPS) is 15.4. The number of rotatable bonds is 8. The minimum Gasteiger partial charge on any atom is -0.755 e. The molecule has 0 bridgehead atoms. The number of nitrogens with one attached hydrogen (secondary N) is 1. The van der Waals surface area contributed by atoms with Crippen molar-refractivity contribution in [1.29, 1.82) is 0 Å². The summed E-state index contributed by atoms with van der Waals surface area (Å²) in [6, 6.07) is 16.5. The first-order valence-electron chi connectivity index (χ1n) is 10.9. The van der Waals surface area contributed by atoms with Gasteiger partial charge in [-0.15, -0.1) is 0 Å². The molecule has 0 aliphatic carbocycles. The van der Waals surface area contributed by atoms with Gasteiger partial charge < -0.3 is 14.8 Å². The van der Waals surface area contributed by atoms with Crippen molar-refractivity contribution in [2.75, 3.05) is 29.3 Å². The maximum absolute atomic E-state index is 12.3. The fraction of sp³-hybridized carbons (Fsp3) is 0.333. The number of para-hydroxylation sites is 1. The first-order valence-corrected chi connectivity index (χ1v) is 12.0. The smallest absolute Gasteiger partial charge is 0.225 e. The summed E-state index contributed by atoms with van der Waals surface area (Å²) in [5.74, 6) is -0.00700. The highest BCUT2D eigenvalue weighted by Gasteiger charge is 2.14. The lowest BCUT2D eigenvalue weighted by Crippen LogP contribution is -2.32. The van der Waals surface area contributed by atoms with Crippen molar-refractivity contribution in [3.63, 3.8) is 0 Å². The fourth-order valence-corrected chi connectivity index (χ4v) is 4.60. The van der Waals surface area contributed by atoms with Gasteiger partial charge in [-0.25, -0.2) is 0 Å². The first-order chi connectivity index (χ1) is 15.6. The third-order valence-electron chi connectivity index (χ3n) is 5.73. The van der Waals surface area contributed by atoms with E-state index in [1.54, 1.807) is 24.4 Å². The van der Waals surface area contributed by atoms with E-state index in [1.165, 1.54) is 23.6 Å². The Morgan fingerprint density at radius 2 is 1.81 bits per heavy atom. The number of anilines is 2. The molecular weight excluding hydrogens is 424 g/mol. The Kier molecular flexibility index (Phi) is 7.47. The lowest BCUT2D eigenvalue weighted by Gasteiger charge is -2.27. The Labute approximate surface area is 190 Å². The SMILES string of the molecule is O=C(CCN1CCCCC1)Nc1ccc(CN(c2cccc3cccnc23)S(=O)[O-])cc1. The second kappa shape index (κ2) is 10.7.